The van der Waals surface area contributed by atoms with Gasteiger partial charge in [-0.1, -0.05) is 96.2 Å². The summed E-state index contributed by atoms with van der Waals surface area (Å²) in [5, 5.41) is 3.82. The molecule has 0 unspecified atom stereocenters. The van der Waals surface area contributed by atoms with Crippen LogP contribution >= 0.6 is 23.2 Å². The van der Waals surface area contributed by atoms with Gasteiger partial charge in [0.05, 0.1) is 17.7 Å². The van der Waals surface area contributed by atoms with Gasteiger partial charge >= 0.3 is 0 Å². The number of rotatable bonds is 13. The Bertz CT molecular complexity index is 1860. The van der Waals surface area contributed by atoms with Crippen LogP contribution in [-0.4, -0.2) is 50.9 Å². The molecule has 1 aliphatic rings. The van der Waals surface area contributed by atoms with Crippen LogP contribution in [0, 0.1) is 13.8 Å². The SMILES string of the molecule is COc1ccc(C)cc1N(CC(=O)N(Cc1c(Cl)cccc1Cl)[C@H](Cc1ccccc1)C(=O)NC1CCCC1)S(=O)(=O)c1ccc(C)cc1. The van der Waals surface area contributed by atoms with Crippen LogP contribution in [0.25, 0.3) is 0 Å². The number of carbonyl (C=O) groups is 2. The van der Waals surface area contributed by atoms with Gasteiger partial charge in [0.1, 0.15) is 18.3 Å². The Morgan fingerprint density at radius 2 is 1.51 bits per heavy atom. The Labute approximate surface area is 299 Å². The molecule has 1 atom stereocenters. The normalized spacial score (nSPS) is 13.9. The highest BCUT2D eigenvalue weighted by molar-refractivity contribution is 7.92. The van der Waals surface area contributed by atoms with E-state index in [1.54, 1.807) is 48.5 Å². The Morgan fingerprint density at radius 3 is 2.14 bits per heavy atom. The average molecular weight is 723 g/mol. The smallest absolute Gasteiger partial charge is 0.264 e. The number of benzene rings is 4. The molecular formula is C38H41Cl2N3O5S. The number of ether oxygens (including phenoxy) is 1. The minimum atomic E-state index is -4.31. The minimum Gasteiger partial charge on any atom is -0.495 e. The minimum absolute atomic E-state index is 0.00923. The van der Waals surface area contributed by atoms with Gasteiger partial charge in [0.25, 0.3) is 10.0 Å². The molecule has 0 aliphatic heterocycles. The summed E-state index contributed by atoms with van der Waals surface area (Å²) in [6.45, 7) is 2.94. The highest BCUT2D eigenvalue weighted by Gasteiger charge is 2.37. The van der Waals surface area contributed by atoms with Crippen LogP contribution in [0.3, 0.4) is 0 Å². The summed E-state index contributed by atoms with van der Waals surface area (Å²) in [6.07, 6.45) is 3.91. The maximum atomic E-state index is 14.9. The topological polar surface area (TPSA) is 96.0 Å². The van der Waals surface area contributed by atoms with Gasteiger partial charge in [0, 0.05) is 34.6 Å². The third-order valence-corrected chi connectivity index (χ3v) is 11.3. The Morgan fingerprint density at radius 1 is 0.878 bits per heavy atom. The summed E-state index contributed by atoms with van der Waals surface area (Å²) in [5.74, 6) is -0.666. The van der Waals surface area contributed by atoms with E-state index in [0.717, 1.165) is 46.7 Å². The quantitative estimate of drug-likeness (QED) is 0.154. The standard InChI is InChI=1S/C38H41Cl2N3O5S/c1-26-16-19-30(20-17-26)49(46,47)43(34-22-27(2)18-21-36(34)48-3)25-37(44)42(24-31-32(39)14-9-15-33(31)40)35(23-28-10-5-4-6-11-28)38(45)41-29-12-7-8-13-29/h4-6,9-11,14-22,29,35H,7-8,12-13,23-25H2,1-3H3,(H,41,45)/t35-/m1/s1. The van der Waals surface area contributed by atoms with Crippen molar-refractivity contribution in [3.05, 3.63) is 123 Å². The summed E-state index contributed by atoms with van der Waals surface area (Å²) in [6, 6.07) is 25.0. The van der Waals surface area contributed by atoms with E-state index in [4.69, 9.17) is 27.9 Å². The second kappa shape index (κ2) is 16.1. The first kappa shape index (κ1) is 36.2. The Balaban J connectivity index is 1.63. The number of halogens is 2. The van der Waals surface area contributed by atoms with Crippen LogP contribution in [0.4, 0.5) is 5.69 Å². The van der Waals surface area contributed by atoms with Crippen molar-refractivity contribution in [1.82, 2.24) is 10.2 Å². The number of methoxy groups -OCH3 is 1. The highest BCUT2D eigenvalue weighted by Crippen LogP contribution is 2.34. The number of amides is 2. The monoisotopic (exact) mass is 721 g/mol. The second-order valence-electron chi connectivity index (χ2n) is 12.4. The van der Waals surface area contributed by atoms with Gasteiger partial charge in [-0.2, -0.15) is 0 Å². The summed E-state index contributed by atoms with van der Waals surface area (Å²) >= 11 is 13.3. The molecular weight excluding hydrogens is 681 g/mol. The molecule has 2 amide bonds. The lowest BCUT2D eigenvalue weighted by Crippen LogP contribution is -2.54. The van der Waals surface area contributed by atoms with Crippen molar-refractivity contribution in [2.45, 2.75) is 69.5 Å². The molecule has 1 N–H and O–H groups in total. The second-order valence-corrected chi connectivity index (χ2v) is 15.1. The van der Waals surface area contributed by atoms with Crippen LogP contribution < -0.4 is 14.4 Å². The maximum absolute atomic E-state index is 14.9. The van der Waals surface area contributed by atoms with Gasteiger partial charge in [-0.05, 0) is 74.2 Å². The third-order valence-electron chi connectivity index (χ3n) is 8.85. The van der Waals surface area contributed by atoms with Crippen LogP contribution in [0.2, 0.25) is 10.0 Å². The molecule has 5 rings (SSSR count). The predicted molar refractivity (Wildman–Crippen MR) is 195 cm³/mol. The molecule has 11 heteroatoms. The van der Waals surface area contributed by atoms with Crippen LogP contribution in [0.15, 0.2) is 95.9 Å². The van der Waals surface area contributed by atoms with Crippen LogP contribution in [0.5, 0.6) is 5.75 Å². The number of nitrogens with one attached hydrogen (secondary N) is 1. The maximum Gasteiger partial charge on any atom is 0.264 e. The van der Waals surface area contributed by atoms with Crippen molar-refractivity contribution in [2.24, 2.45) is 0 Å². The van der Waals surface area contributed by atoms with E-state index >= 15 is 0 Å². The molecule has 1 saturated carbocycles. The number of hydrogen-bond donors (Lipinski definition) is 1. The molecule has 4 aromatic carbocycles. The first-order chi connectivity index (χ1) is 23.5. The van der Waals surface area contributed by atoms with E-state index in [9.17, 15) is 18.0 Å². The molecule has 0 saturated heterocycles. The summed E-state index contributed by atoms with van der Waals surface area (Å²) in [4.78, 5) is 30.5. The fourth-order valence-electron chi connectivity index (χ4n) is 6.12. The lowest BCUT2D eigenvalue weighted by atomic mass is 10.0. The molecule has 0 bridgehead atoms. The van der Waals surface area contributed by atoms with E-state index in [0.29, 0.717) is 15.6 Å². The number of sulfonamides is 1. The molecule has 4 aromatic rings. The zero-order chi connectivity index (χ0) is 35.1. The van der Waals surface area contributed by atoms with E-state index < -0.39 is 28.5 Å². The van der Waals surface area contributed by atoms with Crippen LogP contribution in [0.1, 0.15) is 47.9 Å². The van der Waals surface area contributed by atoms with Gasteiger partial charge < -0.3 is 15.0 Å². The first-order valence-corrected chi connectivity index (χ1v) is 18.5. The first-order valence-electron chi connectivity index (χ1n) is 16.3. The highest BCUT2D eigenvalue weighted by atomic mass is 35.5. The fourth-order valence-corrected chi connectivity index (χ4v) is 8.05. The average Bonchev–Trinajstić information content (AvgIpc) is 3.60. The molecule has 0 spiro atoms. The summed E-state index contributed by atoms with van der Waals surface area (Å²) < 4.78 is 35.6. The largest absolute Gasteiger partial charge is 0.495 e. The molecule has 1 aliphatic carbocycles. The number of hydrogen-bond acceptors (Lipinski definition) is 5. The number of carbonyl (C=O) groups excluding carboxylic acids is 2. The van der Waals surface area contributed by atoms with E-state index in [1.807, 2.05) is 44.2 Å². The number of anilines is 1. The van der Waals surface area contributed by atoms with Crippen molar-refractivity contribution in [3.8, 4) is 5.75 Å². The predicted octanol–water partition coefficient (Wildman–Crippen LogP) is 7.51. The molecule has 8 nitrogen and oxygen atoms in total. The van der Waals surface area contributed by atoms with Crippen molar-refractivity contribution in [3.63, 3.8) is 0 Å². The number of aryl methyl sites for hydroxylation is 2. The number of nitrogens with zero attached hydrogens (tertiary/aromatic N) is 2. The molecule has 0 radical (unpaired) electrons. The molecule has 0 heterocycles. The Hall–Kier alpha value is -4.05. The lowest BCUT2D eigenvalue weighted by molar-refractivity contribution is -0.140. The third kappa shape index (κ3) is 8.76. The fraction of sp³-hybridized carbons (Fsp3) is 0.316. The zero-order valence-electron chi connectivity index (χ0n) is 27.9. The Kier molecular flexibility index (Phi) is 11.9. The van der Waals surface area contributed by atoms with Gasteiger partial charge in [-0.3, -0.25) is 13.9 Å². The molecule has 49 heavy (non-hydrogen) atoms. The van der Waals surface area contributed by atoms with Crippen molar-refractivity contribution in [2.75, 3.05) is 18.0 Å². The lowest BCUT2D eigenvalue weighted by Gasteiger charge is -2.35. The van der Waals surface area contributed by atoms with Crippen molar-refractivity contribution < 1.29 is 22.7 Å². The molecule has 1 fully saturated rings. The van der Waals surface area contributed by atoms with Gasteiger partial charge in [0.2, 0.25) is 11.8 Å². The molecule has 258 valence electrons. The van der Waals surface area contributed by atoms with Crippen molar-refractivity contribution in [1.29, 1.82) is 0 Å². The van der Waals surface area contributed by atoms with E-state index in [1.165, 1.54) is 24.1 Å². The van der Waals surface area contributed by atoms with Gasteiger partial charge in [0.15, 0.2) is 0 Å². The zero-order valence-corrected chi connectivity index (χ0v) is 30.2. The van der Waals surface area contributed by atoms with Gasteiger partial charge in [-0.15, -0.1) is 0 Å². The van der Waals surface area contributed by atoms with E-state index in [2.05, 4.69) is 5.32 Å². The van der Waals surface area contributed by atoms with E-state index in [-0.39, 0.29) is 41.2 Å². The van der Waals surface area contributed by atoms with Crippen LogP contribution in [-0.2, 0) is 32.6 Å². The molecule has 0 aromatic heterocycles. The van der Waals surface area contributed by atoms with Crippen molar-refractivity contribution >= 4 is 50.7 Å². The van der Waals surface area contributed by atoms with Gasteiger partial charge in [-0.25, -0.2) is 8.42 Å². The summed E-state index contributed by atoms with van der Waals surface area (Å²) in [7, 11) is -2.86. The summed E-state index contributed by atoms with van der Waals surface area (Å²) in [5.41, 5.74) is 3.13.